The minimum Gasteiger partial charge on any atom is -0.497 e. The summed E-state index contributed by atoms with van der Waals surface area (Å²) in [7, 11) is 1.63. The van der Waals surface area contributed by atoms with Crippen LogP contribution in [-0.4, -0.2) is 33.4 Å². The molecular formula is C29H24BrClN2O3S2. The van der Waals surface area contributed by atoms with Crippen LogP contribution >= 0.6 is 51.5 Å². The van der Waals surface area contributed by atoms with E-state index in [1.54, 1.807) is 12.0 Å². The van der Waals surface area contributed by atoms with Gasteiger partial charge in [-0.2, -0.15) is 0 Å². The lowest BCUT2D eigenvalue weighted by molar-refractivity contribution is -0.122. The van der Waals surface area contributed by atoms with Crippen molar-refractivity contribution in [1.82, 2.24) is 9.47 Å². The van der Waals surface area contributed by atoms with Crippen molar-refractivity contribution >= 4 is 78.7 Å². The highest BCUT2D eigenvalue weighted by Crippen LogP contribution is 2.36. The number of para-hydroxylation sites is 1. The van der Waals surface area contributed by atoms with E-state index in [0.717, 1.165) is 45.2 Å². The molecule has 0 radical (unpaired) electrons. The molecule has 0 unspecified atom stereocenters. The molecule has 1 aliphatic heterocycles. The Morgan fingerprint density at radius 3 is 2.66 bits per heavy atom. The smallest absolute Gasteiger partial charge is 0.266 e. The molecular weight excluding hydrogens is 604 g/mol. The van der Waals surface area contributed by atoms with Crippen LogP contribution in [0.3, 0.4) is 0 Å². The molecule has 0 N–H and O–H groups in total. The number of carbonyl (C=O) groups is 1. The third kappa shape index (κ3) is 5.94. The maximum Gasteiger partial charge on any atom is 0.266 e. The average Bonchev–Trinajstić information content (AvgIpc) is 3.39. The molecule has 1 amide bonds. The third-order valence-corrected chi connectivity index (χ3v) is 8.35. The van der Waals surface area contributed by atoms with E-state index in [4.69, 9.17) is 33.3 Å². The van der Waals surface area contributed by atoms with Crippen LogP contribution in [0.15, 0.2) is 82.3 Å². The van der Waals surface area contributed by atoms with Crippen molar-refractivity contribution < 1.29 is 14.3 Å². The molecule has 0 atom stereocenters. The van der Waals surface area contributed by atoms with Crippen molar-refractivity contribution in [1.29, 1.82) is 0 Å². The van der Waals surface area contributed by atoms with Gasteiger partial charge in [0.05, 0.1) is 30.2 Å². The number of ether oxygens (including phenoxy) is 2. The number of amides is 1. The fourth-order valence-corrected chi connectivity index (χ4v) is 6.06. The molecule has 3 aromatic carbocycles. The molecule has 0 saturated carbocycles. The van der Waals surface area contributed by atoms with Gasteiger partial charge in [-0.3, -0.25) is 9.69 Å². The van der Waals surface area contributed by atoms with E-state index in [0.29, 0.717) is 33.1 Å². The second-order valence-corrected chi connectivity index (χ2v) is 11.7. The Kier molecular flexibility index (Phi) is 8.43. The molecule has 0 spiro atoms. The molecule has 0 aliphatic carbocycles. The Balaban J connectivity index is 1.33. The number of halogens is 2. The van der Waals surface area contributed by atoms with Crippen LogP contribution in [0.4, 0.5) is 0 Å². The van der Waals surface area contributed by atoms with Crippen LogP contribution in [-0.2, 0) is 17.9 Å². The van der Waals surface area contributed by atoms with Crippen LogP contribution in [0.25, 0.3) is 17.0 Å². The number of carbonyl (C=O) groups excluding carboxylic acids is 1. The van der Waals surface area contributed by atoms with Gasteiger partial charge in [-0.25, -0.2) is 0 Å². The van der Waals surface area contributed by atoms with E-state index in [2.05, 4.69) is 38.8 Å². The van der Waals surface area contributed by atoms with Gasteiger partial charge in [-0.1, -0.05) is 75.8 Å². The molecule has 1 saturated heterocycles. The van der Waals surface area contributed by atoms with Gasteiger partial charge >= 0.3 is 0 Å². The normalized spacial score (nSPS) is 14.6. The summed E-state index contributed by atoms with van der Waals surface area (Å²) in [6.07, 6.45) is 4.83. The highest BCUT2D eigenvalue weighted by atomic mass is 79.9. The largest absolute Gasteiger partial charge is 0.497 e. The topological polar surface area (TPSA) is 43.7 Å². The number of fused-ring (bicyclic) bond motifs is 1. The molecule has 5 nitrogen and oxygen atoms in total. The highest BCUT2D eigenvalue weighted by molar-refractivity contribution is 9.10. The van der Waals surface area contributed by atoms with Crippen molar-refractivity contribution in [3.63, 3.8) is 0 Å². The fourth-order valence-electron chi connectivity index (χ4n) is 4.27. The van der Waals surface area contributed by atoms with Crippen LogP contribution in [0.5, 0.6) is 11.5 Å². The predicted octanol–water partition coefficient (Wildman–Crippen LogP) is 7.94. The summed E-state index contributed by atoms with van der Waals surface area (Å²) < 4.78 is 14.8. The molecule has 1 aliphatic rings. The number of benzene rings is 3. The van der Waals surface area contributed by atoms with Gasteiger partial charge in [0.1, 0.15) is 15.8 Å². The van der Waals surface area contributed by atoms with Crippen molar-refractivity contribution in [2.24, 2.45) is 0 Å². The first kappa shape index (κ1) is 26.8. The van der Waals surface area contributed by atoms with E-state index in [1.807, 2.05) is 60.7 Å². The van der Waals surface area contributed by atoms with Gasteiger partial charge in [0.15, 0.2) is 0 Å². The third-order valence-electron chi connectivity index (χ3n) is 6.17. The standard InChI is InChI=1S/C29H24BrClN2O3S2/c1-35-22-10-7-19(8-11-22)17-33-28(34)27(38-29(33)37)15-20-18-32(25-12-9-21(30)16-23(20)25)13-4-14-36-26-6-3-2-5-24(26)31/h2-3,5-12,15-16,18H,4,13-14,17H2,1H3/b27-15-. The number of hydrogen-bond donors (Lipinski definition) is 0. The number of hydrogen-bond acceptors (Lipinski definition) is 5. The molecule has 9 heteroatoms. The molecule has 1 aromatic heterocycles. The van der Waals surface area contributed by atoms with Crippen molar-refractivity contribution in [3.8, 4) is 11.5 Å². The quantitative estimate of drug-likeness (QED) is 0.107. The number of aromatic nitrogens is 1. The first-order valence-corrected chi connectivity index (χ1v) is 14.4. The summed E-state index contributed by atoms with van der Waals surface area (Å²) in [5, 5.41) is 1.67. The van der Waals surface area contributed by atoms with Gasteiger partial charge < -0.3 is 14.0 Å². The van der Waals surface area contributed by atoms with E-state index in [1.165, 1.54) is 11.8 Å². The maximum absolute atomic E-state index is 13.3. The SMILES string of the molecule is COc1ccc(CN2C(=O)/C(=C/c3cn(CCCOc4ccccc4Cl)c4ccc(Br)cc34)SC2=S)cc1. The summed E-state index contributed by atoms with van der Waals surface area (Å²) in [6.45, 7) is 1.72. The lowest BCUT2D eigenvalue weighted by atomic mass is 10.1. The fraction of sp³-hybridized carbons (Fsp3) is 0.172. The minimum absolute atomic E-state index is 0.0835. The van der Waals surface area contributed by atoms with Crippen LogP contribution < -0.4 is 9.47 Å². The number of methoxy groups -OCH3 is 1. The Morgan fingerprint density at radius 2 is 1.89 bits per heavy atom. The van der Waals surface area contributed by atoms with Crippen LogP contribution in [0, 0.1) is 0 Å². The van der Waals surface area contributed by atoms with Gasteiger partial charge in [-0.05, 0) is 60.5 Å². The van der Waals surface area contributed by atoms with Gasteiger partial charge in [0, 0.05) is 33.7 Å². The molecule has 2 heterocycles. The number of thioether (sulfide) groups is 1. The zero-order chi connectivity index (χ0) is 26.6. The number of thiocarbonyl (C=S) groups is 1. The van der Waals surface area contributed by atoms with Gasteiger partial charge in [0.25, 0.3) is 5.91 Å². The lowest BCUT2D eigenvalue weighted by Gasteiger charge is -2.14. The summed E-state index contributed by atoms with van der Waals surface area (Å²) in [6, 6.07) is 21.3. The summed E-state index contributed by atoms with van der Waals surface area (Å²) in [4.78, 5) is 15.6. The Labute approximate surface area is 244 Å². The molecule has 38 heavy (non-hydrogen) atoms. The predicted molar refractivity (Wildman–Crippen MR) is 163 cm³/mol. The maximum atomic E-state index is 13.3. The molecule has 194 valence electrons. The Bertz CT molecular complexity index is 1530. The minimum atomic E-state index is -0.0835. The molecule has 5 rings (SSSR count). The summed E-state index contributed by atoms with van der Waals surface area (Å²) in [5.41, 5.74) is 3.05. The second kappa shape index (κ2) is 11.9. The van der Waals surface area contributed by atoms with E-state index >= 15 is 0 Å². The number of nitrogens with zero attached hydrogens (tertiary/aromatic N) is 2. The van der Waals surface area contributed by atoms with Crippen molar-refractivity contribution in [2.45, 2.75) is 19.5 Å². The monoisotopic (exact) mass is 626 g/mol. The summed E-state index contributed by atoms with van der Waals surface area (Å²) in [5.74, 6) is 1.38. The van der Waals surface area contributed by atoms with Crippen molar-refractivity contribution in [2.75, 3.05) is 13.7 Å². The zero-order valence-corrected chi connectivity index (χ0v) is 24.5. The van der Waals surface area contributed by atoms with E-state index < -0.39 is 0 Å². The van der Waals surface area contributed by atoms with Crippen LogP contribution in [0.1, 0.15) is 17.5 Å². The van der Waals surface area contributed by atoms with Crippen molar-refractivity contribution in [3.05, 3.63) is 98.5 Å². The van der Waals surface area contributed by atoms with Gasteiger partial charge in [-0.15, -0.1) is 0 Å². The van der Waals surface area contributed by atoms with Gasteiger partial charge in [0.2, 0.25) is 0 Å². The molecule has 4 aromatic rings. The first-order chi connectivity index (χ1) is 18.4. The second-order valence-electron chi connectivity index (χ2n) is 8.69. The highest BCUT2D eigenvalue weighted by Gasteiger charge is 2.32. The number of aryl methyl sites for hydroxylation is 1. The summed E-state index contributed by atoms with van der Waals surface area (Å²) >= 11 is 16.7. The lowest BCUT2D eigenvalue weighted by Crippen LogP contribution is -2.27. The first-order valence-electron chi connectivity index (χ1n) is 12.0. The van der Waals surface area contributed by atoms with E-state index in [9.17, 15) is 4.79 Å². The van der Waals surface area contributed by atoms with E-state index in [-0.39, 0.29) is 5.91 Å². The molecule has 1 fully saturated rings. The molecule has 0 bridgehead atoms. The zero-order valence-electron chi connectivity index (χ0n) is 20.5. The number of rotatable bonds is 9. The van der Waals surface area contributed by atoms with Crippen LogP contribution in [0.2, 0.25) is 5.02 Å². The Morgan fingerprint density at radius 1 is 1.11 bits per heavy atom. The Hall–Kier alpha value is -2.78. The average molecular weight is 628 g/mol.